The molecule has 0 aliphatic carbocycles. The maximum atomic E-state index is 13.8. The van der Waals surface area contributed by atoms with Crippen LogP contribution in [0.4, 0.5) is 14.9 Å². The van der Waals surface area contributed by atoms with Crippen LogP contribution in [0.15, 0.2) is 18.2 Å². The van der Waals surface area contributed by atoms with Gasteiger partial charge < -0.3 is 9.47 Å². The Kier molecular flexibility index (Phi) is 3.95. The minimum atomic E-state index is -0.360. The van der Waals surface area contributed by atoms with Gasteiger partial charge in [0, 0.05) is 32.3 Å². The van der Waals surface area contributed by atoms with Crippen LogP contribution in [0.5, 0.6) is 0 Å². The summed E-state index contributed by atoms with van der Waals surface area (Å²) in [7, 11) is 0. The molecule has 0 bridgehead atoms. The Morgan fingerprint density at radius 2 is 1.96 bits per heavy atom. The van der Waals surface area contributed by atoms with Crippen LogP contribution in [-0.4, -0.2) is 49.4 Å². The van der Waals surface area contributed by atoms with E-state index < -0.39 is 0 Å². The molecule has 3 aliphatic rings. The number of rotatable bonds is 1. The van der Waals surface area contributed by atoms with E-state index in [1.165, 1.54) is 12.1 Å². The Morgan fingerprint density at radius 3 is 2.78 bits per heavy atom. The Morgan fingerprint density at radius 1 is 1.13 bits per heavy atom. The average molecular weight is 320 g/mol. The number of carbonyl (C=O) groups is 1. The number of carbonyl (C=O) groups excluding carboxylic acids is 1. The number of ether oxygens (including phenoxy) is 2. The molecule has 0 spiro atoms. The molecule has 124 valence electrons. The highest BCUT2D eigenvalue weighted by Crippen LogP contribution is 2.33. The maximum Gasteiger partial charge on any atom is 0.414 e. The van der Waals surface area contributed by atoms with Gasteiger partial charge in [-0.1, -0.05) is 6.07 Å². The smallest absolute Gasteiger partial charge is 0.414 e. The number of hydrogen-bond donors (Lipinski definition) is 0. The lowest BCUT2D eigenvalue weighted by Crippen LogP contribution is -2.45. The first kappa shape index (κ1) is 14.9. The van der Waals surface area contributed by atoms with Gasteiger partial charge in [0.05, 0.1) is 11.7 Å². The Bertz CT molecular complexity index is 604. The lowest BCUT2D eigenvalue weighted by molar-refractivity contribution is 0.0293. The van der Waals surface area contributed by atoms with Crippen LogP contribution in [0.2, 0.25) is 0 Å². The minimum absolute atomic E-state index is 0.00862. The molecule has 1 aromatic carbocycles. The van der Waals surface area contributed by atoms with E-state index in [0.717, 1.165) is 51.1 Å². The van der Waals surface area contributed by atoms with Gasteiger partial charge in [-0.2, -0.15) is 0 Å². The Labute approximate surface area is 135 Å². The molecule has 3 aliphatic heterocycles. The van der Waals surface area contributed by atoms with E-state index in [1.807, 2.05) is 0 Å². The molecule has 6 heteroatoms. The van der Waals surface area contributed by atoms with Gasteiger partial charge in [-0.3, -0.25) is 9.80 Å². The number of fused-ring (bicyclic) bond motifs is 3. The lowest BCUT2D eigenvalue weighted by atomic mass is 10.0. The van der Waals surface area contributed by atoms with Crippen molar-refractivity contribution in [1.82, 2.24) is 4.90 Å². The van der Waals surface area contributed by atoms with Gasteiger partial charge in [-0.05, 0) is 37.0 Å². The first-order valence-corrected chi connectivity index (χ1v) is 8.28. The molecule has 5 nitrogen and oxygen atoms in total. The number of amides is 1. The summed E-state index contributed by atoms with van der Waals surface area (Å²) in [5, 5.41) is 0. The predicted octanol–water partition coefficient (Wildman–Crippen LogP) is 2.54. The van der Waals surface area contributed by atoms with Gasteiger partial charge in [0.25, 0.3) is 0 Å². The fraction of sp³-hybridized carbons (Fsp3) is 0.588. The van der Waals surface area contributed by atoms with Crippen molar-refractivity contribution in [3.05, 3.63) is 29.6 Å². The molecular weight excluding hydrogens is 299 g/mol. The largest absolute Gasteiger partial charge is 0.447 e. The highest BCUT2D eigenvalue weighted by molar-refractivity contribution is 5.91. The van der Waals surface area contributed by atoms with Gasteiger partial charge in [0.1, 0.15) is 12.4 Å². The van der Waals surface area contributed by atoms with Crippen molar-refractivity contribution in [2.24, 2.45) is 0 Å². The number of hydrogen-bond acceptors (Lipinski definition) is 4. The summed E-state index contributed by atoms with van der Waals surface area (Å²) in [6, 6.07) is 5.21. The monoisotopic (exact) mass is 320 g/mol. The van der Waals surface area contributed by atoms with Crippen molar-refractivity contribution in [3.8, 4) is 0 Å². The number of nitrogens with zero attached hydrogens (tertiary/aromatic N) is 2. The molecular formula is C17H21FN2O3. The van der Waals surface area contributed by atoms with Gasteiger partial charge in [0.2, 0.25) is 0 Å². The summed E-state index contributed by atoms with van der Waals surface area (Å²) in [6.07, 6.45) is 2.54. The topological polar surface area (TPSA) is 42.0 Å². The molecule has 2 fully saturated rings. The van der Waals surface area contributed by atoms with Crippen LogP contribution in [-0.2, 0) is 16.0 Å². The molecule has 2 saturated heterocycles. The number of cyclic esters (lactones) is 1. The molecule has 1 unspecified atom stereocenters. The SMILES string of the molecule is O=C1OCC2CCN(C3CCOCC3)Cc3ccc(F)cc3N12. The van der Waals surface area contributed by atoms with Crippen LogP contribution in [0.25, 0.3) is 0 Å². The van der Waals surface area contributed by atoms with E-state index in [2.05, 4.69) is 4.90 Å². The van der Waals surface area contributed by atoms with E-state index in [9.17, 15) is 9.18 Å². The number of anilines is 1. The molecule has 4 rings (SSSR count). The zero-order valence-corrected chi connectivity index (χ0v) is 13.0. The fourth-order valence-corrected chi connectivity index (χ4v) is 3.84. The Balaban J connectivity index is 1.68. The van der Waals surface area contributed by atoms with Crippen LogP contribution in [0, 0.1) is 5.82 Å². The van der Waals surface area contributed by atoms with Crippen molar-refractivity contribution in [2.45, 2.75) is 37.9 Å². The Hall–Kier alpha value is -1.66. The molecule has 23 heavy (non-hydrogen) atoms. The van der Waals surface area contributed by atoms with Gasteiger partial charge >= 0.3 is 6.09 Å². The molecule has 0 radical (unpaired) electrons. The van der Waals surface area contributed by atoms with Gasteiger partial charge in [-0.15, -0.1) is 0 Å². The third-order valence-electron chi connectivity index (χ3n) is 5.10. The first-order valence-electron chi connectivity index (χ1n) is 8.28. The molecule has 1 atom stereocenters. The van der Waals surface area contributed by atoms with E-state index in [-0.39, 0.29) is 18.0 Å². The van der Waals surface area contributed by atoms with Crippen LogP contribution >= 0.6 is 0 Å². The maximum absolute atomic E-state index is 13.8. The second kappa shape index (κ2) is 6.09. The molecule has 0 saturated carbocycles. The van der Waals surface area contributed by atoms with E-state index in [0.29, 0.717) is 18.3 Å². The molecule has 3 heterocycles. The highest BCUT2D eigenvalue weighted by Gasteiger charge is 2.38. The lowest BCUT2D eigenvalue weighted by Gasteiger charge is -2.38. The molecule has 1 amide bonds. The second-order valence-electron chi connectivity index (χ2n) is 6.48. The van der Waals surface area contributed by atoms with Crippen molar-refractivity contribution in [2.75, 3.05) is 31.3 Å². The summed E-state index contributed by atoms with van der Waals surface area (Å²) < 4.78 is 24.4. The van der Waals surface area contributed by atoms with Crippen LogP contribution in [0.3, 0.4) is 0 Å². The molecule has 1 aromatic rings. The zero-order chi connectivity index (χ0) is 15.8. The van der Waals surface area contributed by atoms with Crippen LogP contribution in [0.1, 0.15) is 24.8 Å². The quantitative estimate of drug-likeness (QED) is 0.797. The third-order valence-corrected chi connectivity index (χ3v) is 5.10. The molecule has 0 N–H and O–H groups in total. The van der Waals surface area contributed by atoms with Crippen LogP contribution < -0.4 is 4.90 Å². The summed E-state index contributed by atoms with van der Waals surface area (Å²) in [6.45, 7) is 3.63. The summed E-state index contributed by atoms with van der Waals surface area (Å²) in [5.74, 6) is -0.319. The highest BCUT2D eigenvalue weighted by atomic mass is 19.1. The fourth-order valence-electron chi connectivity index (χ4n) is 3.84. The summed E-state index contributed by atoms with van der Waals surface area (Å²) in [5.41, 5.74) is 1.65. The zero-order valence-electron chi connectivity index (χ0n) is 13.0. The molecule has 0 aromatic heterocycles. The van der Waals surface area contributed by atoms with E-state index in [1.54, 1.807) is 11.0 Å². The van der Waals surface area contributed by atoms with Crippen molar-refractivity contribution in [3.63, 3.8) is 0 Å². The minimum Gasteiger partial charge on any atom is -0.447 e. The number of benzene rings is 1. The van der Waals surface area contributed by atoms with Gasteiger partial charge in [-0.25, -0.2) is 9.18 Å². The summed E-state index contributed by atoms with van der Waals surface area (Å²) in [4.78, 5) is 16.2. The predicted molar refractivity (Wildman–Crippen MR) is 82.9 cm³/mol. The summed E-state index contributed by atoms with van der Waals surface area (Å²) >= 11 is 0. The van der Waals surface area contributed by atoms with Crippen molar-refractivity contribution < 1.29 is 18.7 Å². The first-order chi connectivity index (χ1) is 11.2. The normalized spacial score (nSPS) is 26.2. The van der Waals surface area contributed by atoms with E-state index >= 15 is 0 Å². The standard InChI is InChI=1S/C17H21FN2O3/c18-13-2-1-12-10-19(14-4-7-22-8-5-14)6-3-15-11-23-17(21)20(15)16(12)9-13/h1-2,9,14-15H,3-8,10-11H2. The second-order valence-corrected chi connectivity index (χ2v) is 6.48. The third kappa shape index (κ3) is 2.81. The van der Waals surface area contributed by atoms with Gasteiger partial charge in [0.15, 0.2) is 0 Å². The van der Waals surface area contributed by atoms with Crippen molar-refractivity contribution >= 4 is 11.8 Å². The number of halogens is 1. The van der Waals surface area contributed by atoms with E-state index in [4.69, 9.17) is 9.47 Å². The van der Waals surface area contributed by atoms with Crippen molar-refractivity contribution in [1.29, 1.82) is 0 Å². The average Bonchev–Trinajstić information content (AvgIpc) is 2.91.